The predicted molar refractivity (Wildman–Crippen MR) is 78.7 cm³/mol. The van der Waals surface area contributed by atoms with Crippen LogP contribution in [0.2, 0.25) is 0 Å². The average Bonchev–Trinajstić information content (AvgIpc) is 2.28. The summed E-state index contributed by atoms with van der Waals surface area (Å²) in [6, 6.07) is 10.6. The van der Waals surface area contributed by atoms with Gasteiger partial charge in [0.25, 0.3) is 0 Å². The highest BCUT2D eigenvalue weighted by atomic mass is 32.2. The molecule has 1 aromatic rings. The van der Waals surface area contributed by atoms with Gasteiger partial charge in [-0.15, -0.1) is 11.8 Å². The highest BCUT2D eigenvalue weighted by molar-refractivity contribution is 7.99. The van der Waals surface area contributed by atoms with Gasteiger partial charge in [0, 0.05) is 17.2 Å². The Morgan fingerprint density at radius 3 is 2.41 bits per heavy atom. The molecule has 0 saturated carbocycles. The summed E-state index contributed by atoms with van der Waals surface area (Å²) in [5, 5.41) is 3.51. The van der Waals surface area contributed by atoms with Crippen LogP contribution in [0.4, 0.5) is 0 Å². The van der Waals surface area contributed by atoms with Gasteiger partial charge in [0.2, 0.25) is 0 Å². The van der Waals surface area contributed by atoms with Crippen molar-refractivity contribution in [3.63, 3.8) is 0 Å². The summed E-state index contributed by atoms with van der Waals surface area (Å²) in [5.74, 6) is 1.15. The Morgan fingerprint density at radius 2 is 1.76 bits per heavy atom. The zero-order chi connectivity index (χ0) is 12.6. The number of thioether (sulfide) groups is 1. The minimum absolute atomic E-state index is 0.473. The molecule has 0 bridgehead atoms. The number of hydrogen-bond donors (Lipinski definition) is 1. The quantitative estimate of drug-likeness (QED) is 0.576. The van der Waals surface area contributed by atoms with E-state index in [9.17, 15) is 0 Å². The molecule has 0 saturated heterocycles. The number of nitrogens with one attached hydrogen (secondary N) is 1. The molecule has 0 aliphatic rings. The zero-order valence-corrected chi connectivity index (χ0v) is 12.1. The lowest BCUT2D eigenvalue weighted by Gasteiger charge is -2.17. The molecule has 96 valence electrons. The molecule has 0 unspecified atom stereocenters. The van der Waals surface area contributed by atoms with Crippen LogP contribution in [0.5, 0.6) is 0 Å². The maximum Gasteiger partial charge on any atom is 0.0106 e. The minimum atomic E-state index is 0.473. The molecule has 1 nitrogen and oxygen atoms in total. The van der Waals surface area contributed by atoms with Gasteiger partial charge in [-0.2, -0.15) is 0 Å². The Bertz CT molecular complexity index is 290. The molecule has 1 N–H and O–H groups in total. The Balaban J connectivity index is 1.95. The van der Waals surface area contributed by atoms with Crippen molar-refractivity contribution >= 4 is 11.8 Å². The van der Waals surface area contributed by atoms with E-state index in [1.807, 2.05) is 11.8 Å². The van der Waals surface area contributed by atoms with Crippen molar-refractivity contribution < 1.29 is 0 Å². The van der Waals surface area contributed by atoms with Gasteiger partial charge >= 0.3 is 0 Å². The van der Waals surface area contributed by atoms with E-state index in [1.165, 1.54) is 17.7 Å². The lowest BCUT2D eigenvalue weighted by Crippen LogP contribution is -2.20. The molecule has 0 heterocycles. The number of rotatable bonds is 7. The summed E-state index contributed by atoms with van der Waals surface area (Å²) in [6.45, 7) is 9.16. The fourth-order valence-corrected chi connectivity index (χ4v) is 2.46. The number of hydrogen-bond acceptors (Lipinski definition) is 2. The highest BCUT2D eigenvalue weighted by Gasteiger charge is 2.08. The van der Waals surface area contributed by atoms with E-state index in [0.717, 1.165) is 18.8 Å². The standard InChI is InChI=1S/C15H25NS/c1-15(2,3)10-7-11-16-12-13-17-14-8-5-4-6-9-14/h4-6,8-9,16H,7,10-13H2,1-3H3. The maximum absolute atomic E-state index is 3.51. The lowest BCUT2D eigenvalue weighted by atomic mass is 9.91. The first-order valence-electron chi connectivity index (χ1n) is 6.46. The second kappa shape index (κ2) is 7.78. The van der Waals surface area contributed by atoms with Gasteiger partial charge in [0.15, 0.2) is 0 Å². The Hall–Kier alpha value is -0.470. The van der Waals surface area contributed by atoms with Gasteiger partial charge in [-0.3, -0.25) is 0 Å². The molecule has 1 aromatic carbocycles. The van der Waals surface area contributed by atoms with E-state index in [-0.39, 0.29) is 0 Å². The van der Waals surface area contributed by atoms with Crippen molar-refractivity contribution in [1.82, 2.24) is 5.32 Å². The zero-order valence-electron chi connectivity index (χ0n) is 11.3. The van der Waals surface area contributed by atoms with Crippen LogP contribution in [0.25, 0.3) is 0 Å². The Labute approximate surface area is 110 Å². The average molecular weight is 251 g/mol. The molecular weight excluding hydrogens is 226 g/mol. The molecule has 2 heteroatoms. The first-order valence-corrected chi connectivity index (χ1v) is 7.45. The third-order valence-corrected chi connectivity index (χ3v) is 3.58. The second-order valence-corrected chi connectivity index (χ2v) is 6.74. The monoisotopic (exact) mass is 251 g/mol. The first-order chi connectivity index (χ1) is 8.08. The molecule has 0 aromatic heterocycles. The lowest BCUT2D eigenvalue weighted by molar-refractivity contribution is 0.362. The van der Waals surface area contributed by atoms with Gasteiger partial charge in [-0.1, -0.05) is 39.0 Å². The van der Waals surface area contributed by atoms with E-state index in [4.69, 9.17) is 0 Å². The van der Waals surface area contributed by atoms with Crippen LogP contribution in [0.3, 0.4) is 0 Å². The summed E-state index contributed by atoms with van der Waals surface area (Å²) in [4.78, 5) is 1.36. The van der Waals surface area contributed by atoms with Crippen molar-refractivity contribution in [3.8, 4) is 0 Å². The maximum atomic E-state index is 3.51. The summed E-state index contributed by atoms with van der Waals surface area (Å²) < 4.78 is 0. The third-order valence-electron chi connectivity index (χ3n) is 2.57. The van der Waals surface area contributed by atoms with Gasteiger partial charge in [-0.25, -0.2) is 0 Å². The van der Waals surface area contributed by atoms with Crippen molar-refractivity contribution in [3.05, 3.63) is 30.3 Å². The molecule has 0 radical (unpaired) electrons. The summed E-state index contributed by atoms with van der Waals surface area (Å²) >= 11 is 1.92. The second-order valence-electron chi connectivity index (χ2n) is 5.58. The summed E-state index contributed by atoms with van der Waals surface area (Å²) in [7, 11) is 0. The van der Waals surface area contributed by atoms with Crippen molar-refractivity contribution in [1.29, 1.82) is 0 Å². The van der Waals surface area contributed by atoms with Crippen LogP contribution in [0.15, 0.2) is 35.2 Å². The van der Waals surface area contributed by atoms with Gasteiger partial charge < -0.3 is 5.32 Å². The van der Waals surface area contributed by atoms with Crippen molar-refractivity contribution in [2.75, 3.05) is 18.8 Å². The minimum Gasteiger partial charge on any atom is -0.316 e. The topological polar surface area (TPSA) is 12.0 Å². The van der Waals surface area contributed by atoms with E-state index in [0.29, 0.717) is 5.41 Å². The fraction of sp³-hybridized carbons (Fsp3) is 0.600. The van der Waals surface area contributed by atoms with Crippen LogP contribution >= 0.6 is 11.8 Å². The van der Waals surface area contributed by atoms with E-state index >= 15 is 0 Å². The molecule has 0 aliphatic heterocycles. The Kier molecular flexibility index (Phi) is 6.68. The summed E-state index contributed by atoms with van der Waals surface area (Å²) in [5.41, 5.74) is 0.473. The van der Waals surface area contributed by atoms with Gasteiger partial charge in [0.1, 0.15) is 0 Å². The summed E-state index contributed by atoms with van der Waals surface area (Å²) in [6.07, 6.45) is 2.57. The van der Waals surface area contributed by atoms with Crippen LogP contribution < -0.4 is 5.32 Å². The largest absolute Gasteiger partial charge is 0.316 e. The first kappa shape index (κ1) is 14.6. The molecule has 0 amide bonds. The van der Waals surface area contributed by atoms with Crippen LogP contribution in [0, 0.1) is 5.41 Å². The van der Waals surface area contributed by atoms with Crippen LogP contribution in [-0.2, 0) is 0 Å². The highest BCUT2D eigenvalue weighted by Crippen LogP contribution is 2.20. The van der Waals surface area contributed by atoms with Crippen LogP contribution in [-0.4, -0.2) is 18.8 Å². The van der Waals surface area contributed by atoms with E-state index < -0.39 is 0 Å². The Morgan fingerprint density at radius 1 is 1.06 bits per heavy atom. The van der Waals surface area contributed by atoms with E-state index in [2.05, 4.69) is 56.4 Å². The fourth-order valence-electron chi connectivity index (χ4n) is 1.63. The van der Waals surface area contributed by atoms with Crippen molar-refractivity contribution in [2.24, 2.45) is 5.41 Å². The molecule has 17 heavy (non-hydrogen) atoms. The van der Waals surface area contributed by atoms with Gasteiger partial charge in [0.05, 0.1) is 0 Å². The third kappa shape index (κ3) is 8.28. The van der Waals surface area contributed by atoms with E-state index in [1.54, 1.807) is 0 Å². The number of benzene rings is 1. The smallest absolute Gasteiger partial charge is 0.0106 e. The molecule has 0 fully saturated rings. The molecule has 1 rings (SSSR count). The van der Waals surface area contributed by atoms with Gasteiger partial charge in [-0.05, 0) is 36.9 Å². The normalized spacial score (nSPS) is 11.7. The molecule has 0 atom stereocenters. The SMILES string of the molecule is CC(C)(C)CCCNCCSc1ccccc1. The molecule has 0 spiro atoms. The molecule has 0 aliphatic carbocycles. The molecular formula is C15H25NS. The van der Waals surface area contributed by atoms with Crippen LogP contribution in [0.1, 0.15) is 33.6 Å². The predicted octanol–water partition coefficient (Wildman–Crippen LogP) is 4.19. The van der Waals surface area contributed by atoms with Crippen molar-refractivity contribution in [2.45, 2.75) is 38.5 Å².